The molecule has 0 aliphatic carbocycles. The molecule has 0 saturated heterocycles. The number of para-hydroxylation sites is 1. The van der Waals surface area contributed by atoms with E-state index in [-0.39, 0.29) is 24.0 Å². The maximum atomic E-state index is 4.28. The molecule has 3 rings (SSSR count). The Balaban J connectivity index is 0.00000261. The van der Waals surface area contributed by atoms with E-state index >= 15 is 0 Å². The lowest BCUT2D eigenvalue weighted by Gasteiger charge is -2.11. The summed E-state index contributed by atoms with van der Waals surface area (Å²) in [4.78, 5) is 7.70. The highest BCUT2D eigenvalue weighted by Crippen LogP contribution is 2.22. The minimum atomic E-state index is 0. The number of hydrogen-bond donors (Lipinski definition) is 3. The van der Waals surface area contributed by atoms with Gasteiger partial charge in [0.15, 0.2) is 11.8 Å². The van der Waals surface area contributed by atoms with Crippen LogP contribution < -0.4 is 10.6 Å². The van der Waals surface area contributed by atoms with Crippen LogP contribution in [0.15, 0.2) is 29.4 Å². The van der Waals surface area contributed by atoms with Crippen LogP contribution in [0.4, 0.5) is 0 Å². The van der Waals surface area contributed by atoms with E-state index in [0.717, 1.165) is 37.0 Å². The quantitative estimate of drug-likeness (QED) is 0.287. The third-order valence-electron chi connectivity index (χ3n) is 4.78. The Morgan fingerprint density at radius 1 is 1.22 bits per heavy atom. The van der Waals surface area contributed by atoms with Crippen LogP contribution >= 0.6 is 24.0 Å². The summed E-state index contributed by atoms with van der Waals surface area (Å²) in [5.74, 6) is 2.55. The summed E-state index contributed by atoms with van der Waals surface area (Å²) in [7, 11) is 3.74. The van der Waals surface area contributed by atoms with Gasteiger partial charge >= 0.3 is 0 Å². The van der Waals surface area contributed by atoms with Crippen molar-refractivity contribution in [3.63, 3.8) is 0 Å². The average molecular weight is 481 g/mol. The Morgan fingerprint density at radius 2 is 2.04 bits per heavy atom. The summed E-state index contributed by atoms with van der Waals surface area (Å²) in [6, 6.07) is 6.50. The molecule has 0 spiro atoms. The molecular weight excluding hydrogens is 453 g/mol. The van der Waals surface area contributed by atoms with E-state index < -0.39 is 0 Å². The van der Waals surface area contributed by atoms with Crippen LogP contribution in [-0.2, 0) is 26.4 Å². The van der Waals surface area contributed by atoms with Crippen LogP contribution in [0.25, 0.3) is 10.9 Å². The van der Waals surface area contributed by atoms with Gasteiger partial charge in [-0.25, -0.2) is 0 Å². The number of aryl methyl sites for hydroxylation is 2. The smallest absolute Gasteiger partial charge is 0.191 e. The van der Waals surface area contributed by atoms with Crippen molar-refractivity contribution in [1.82, 2.24) is 30.4 Å². The van der Waals surface area contributed by atoms with Crippen molar-refractivity contribution in [2.45, 2.75) is 33.2 Å². The average Bonchev–Trinajstić information content (AvgIpc) is 3.22. The van der Waals surface area contributed by atoms with Gasteiger partial charge < -0.3 is 20.2 Å². The number of rotatable bonds is 6. The molecule has 0 atom stereocenters. The first-order chi connectivity index (χ1) is 12.6. The van der Waals surface area contributed by atoms with Gasteiger partial charge in [-0.2, -0.15) is 0 Å². The van der Waals surface area contributed by atoms with Crippen molar-refractivity contribution in [2.75, 3.05) is 13.6 Å². The molecule has 3 N–H and O–H groups in total. The number of hydrogen-bond acceptors (Lipinski definition) is 3. The Hall–Kier alpha value is -2.10. The van der Waals surface area contributed by atoms with Crippen molar-refractivity contribution in [2.24, 2.45) is 12.0 Å². The van der Waals surface area contributed by atoms with Crippen molar-refractivity contribution in [3.05, 3.63) is 47.2 Å². The zero-order valence-corrected chi connectivity index (χ0v) is 18.7. The summed E-state index contributed by atoms with van der Waals surface area (Å²) in [5, 5.41) is 16.2. The van der Waals surface area contributed by atoms with Crippen molar-refractivity contribution >= 4 is 40.8 Å². The monoisotopic (exact) mass is 481 g/mol. The third kappa shape index (κ3) is 4.79. The largest absolute Gasteiger partial charge is 0.361 e. The van der Waals surface area contributed by atoms with Crippen LogP contribution in [0.3, 0.4) is 0 Å². The highest BCUT2D eigenvalue weighted by molar-refractivity contribution is 14.0. The lowest BCUT2D eigenvalue weighted by molar-refractivity contribution is 0.716. The molecule has 0 radical (unpaired) electrons. The number of aliphatic imine (C=N–C) groups is 1. The number of aromatic nitrogens is 4. The lowest BCUT2D eigenvalue weighted by Crippen LogP contribution is -2.38. The number of nitrogens with one attached hydrogen (secondary N) is 3. The highest BCUT2D eigenvalue weighted by Gasteiger charge is 2.08. The third-order valence-corrected chi connectivity index (χ3v) is 4.78. The maximum Gasteiger partial charge on any atom is 0.191 e. The van der Waals surface area contributed by atoms with E-state index in [9.17, 15) is 0 Å². The molecule has 0 saturated carbocycles. The molecule has 7 nitrogen and oxygen atoms in total. The van der Waals surface area contributed by atoms with Gasteiger partial charge in [0.05, 0.1) is 6.54 Å². The summed E-state index contributed by atoms with van der Waals surface area (Å²) in [5.41, 5.74) is 3.94. The van der Waals surface area contributed by atoms with E-state index in [1.807, 2.05) is 18.5 Å². The summed E-state index contributed by atoms with van der Waals surface area (Å²) < 4.78 is 1.97. The van der Waals surface area contributed by atoms with Gasteiger partial charge in [-0.1, -0.05) is 25.1 Å². The second-order valence-electron chi connectivity index (χ2n) is 6.33. The second-order valence-corrected chi connectivity index (χ2v) is 6.33. The fourth-order valence-corrected chi connectivity index (χ4v) is 3.08. The molecule has 1 aromatic carbocycles. The van der Waals surface area contributed by atoms with Crippen molar-refractivity contribution in [3.8, 4) is 0 Å². The molecule has 0 aliphatic heterocycles. The van der Waals surface area contributed by atoms with Crippen molar-refractivity contribution < 1.29 is 0 Å². The van der Waals surface area contributed by atoms with E-state index in [0.29, 0.717) is 6.54 Å². The molecule has 0 fully saturated rings. The van der Waals surface area contributed by atoms with Gasteiger partial charge in [-0.05, 0) is 30.9 Å². The first-order valence-corrected chi connectivity index (χ1v) is 9.01. The Bertz CT molecular complexity index is 910. The molecule has 3 aromatic rings. The zero-order chi connectivity index (χ0) is 18.5. The molecule has 0 unspecified atom stereocenters. The SMILES string of the molecule is CCc1cccc2c(CCNC(=NC)NCc3nnc(C)n3C)c[nH]c12.I. The zero-order valence-electron chi connectivity index (χ0n) is 16.3. The Labute approximate surface area is 177 Å². The molecular formula is C19H28IN7. The van der Waals surface area contributed by atoms with Crippen LogP contribution in [0.5, 0.6) is 0 Å². The van der Waals surface area contributed by atoms with Gasteiger partial charge in [-0.15, -0.1) is 34.2 Å². The molecule has 8 heteroatoms. The van der Waals surface area contributed by atoms with Crippen LogP contribution in [0, 0.1) is 6.92 Å². The number of H-pyrrole nitrogens is 1. The number of benzene rings is 1. The standard InChI is InChI=1S/C19H27N7.HI/c1-5-14-7-6-8-16-15(11-22-18(14)16)9-10-21-19(20-3)23-12-17-25-24-13(2)26(17)4;/h6-8,11,22H,5,9-10,12H2,1-4H3,(H2,20,21,23);1H. The van der Waals surface area contributed by atoms with Crippen LogP contribution in [0.2, 0.25) is 0 Å². The number of fused-ring (bicyclic) bond motifs is 1. The van der Waals surface area contributed by atoms with Gasteiger partial charge in [0, 0.05) is 37.7 Å². The molecule has 2 aromatic heterocycles. The Morgan fingerprint density at radius 3 is 2.70 bits per heavy atom. The molecule has 146 valence electrons. The van der Waals surface area contributed by atoms with Crippen LogP contribution in [0.1, 0.15) is 29.7 Å². The topological polar surface area (TPSA) is 82.9 Å². The predicted octanol–water partition coefficient (Wildman–Crippen LogP) is 2.69. The Kier molecular flexibility index (Phi) is 7.64. The summed E-state index contributed by atoms with van der Waals surface area (Å²) in [6.07, 6.45) is 4.08. The lowest BCUT2D eigenvalue weighted by atomic mass is 10.1. The minimum absolute atomic E-state index is 0. The van der Waals surface area contributed by atoms with E-state index in [2.05, 4.69) is 62.1 Å². The molecule has 2 heterocycles. The summed E-state index contributed by atoms with van der Waals surface area (Å²) in [6.45, 7) is 5.52. The normalized spacial score (nSPS) is 11.5. The van der Waals surface area contributed by atoms with Gasteiger partial charge in [0.2, 0.25) is 0 Å². The first kappa shape index (κ1) is 21.2. The van der Waals surface area contributed by atoms with E-state index in [1.165, 1.54) is 22.0 Å². The van der Waals surface area contributed by atoms with Crippen LogP contribution in [-0.4, -0.2) is 39.3 Å². The molecule has 0 bridgehead atoms. The van der Waals surface area contributed by atoms with Crippen molar-refractivity contribution in [1.29, 1.82) is 0 Å². The molecule has 27 heavy (non-hydrogen) atoms. The first-order valence-electron chi connectivity index (χ1n) is 9.01. The van der Waals surface area contributed by atoms with Gasteiger partial charge in [0.1, 0.15) is 5.82 Å². The van der Waals surface area contributed by atoms with Gasteiger partial charge in [0.25, 0.3) is 0 Å². The number of guanidine groups is 1. The van der Waals surface area contributed by atoms with E-state index in [4.69, 9.17) is 0 Å². The fraction of sp³-hybridized carbons (Fsp3) is 0.421. The fourth-order valence-electron chi connectivity index (χ4n) is 3.08. The predicted molar refractivity (Wildman–Crippen MR) is 121 cm³/mol. The maximum absolute atomic E-state index is 4.28. The van der Waals surface area contributed by atoms with Gasteiger partial charge in [-0.3, -0.25) is 4.99 Å². The molecule has 0 aliphatic rings. The summed E-state index contributed by atoms with van der Waals surface area (Å²) >= 11 is 0. The number of halogens is 1. The van der Waals surface area contributed by atoms with E-state index in [1.54, 1.807) is 7.05 Å². The molecule has 0 amide bonds. The highest BCUT2D eigenvalue weighted by atomic mass is 127. The number of aromatic amines is 1. The second kappa shape index (κ2) is 9.72. The minimum Gasteiger partial charge on any atom is -0.361 e. The number of nitrogens with zero attached hydrogens (tertiary/aromatic N) is 4.